The Bertz CT molecular complexity index is 518. The zero-order chi connectivity index (χ0) is 14.7. The third-order valence-electron chi connectivity index (χ3n) is 3.60. The van der Waals surface area contributed by atoms with Crippen LogP contribution in [0.1, 0.15) is 13.8 Å². The molecule has 2 rings (SSSR count). The summed E-state index contributed by atoms with van der Waals surface area (Å²) in [4.78, 5) is 27.9. The van der Waals surface area contributed by atoms with Crippen LogP contribution in [0.25, 0.3) is 0 Å². The average Bonchev–Trinajstić information content (AvgIpc) is 2.78. The van der Waals surface area contributed by atoms with Gasteiger partial charge in [-0.1, -0.05) is 18.7 Å². The van der Waals surface area contributed by atoms with E-state index in [4.69, 9.17) is 0 Å². The summed E-state index contributed by atoms with van der Waals surface area (Å²) in [5.41, 5.74) is -0.260. The summed E-state index contributed by atoms with van der Waals surface area (Å²) in [5, 5.41) is 6.60. The summed E-state index contributed by atoms with van der Waals surface area (Å²) in [6.07, 6.45) is 0. The standard InChI is InChI=1S/C12H21N5O2S/c1-4-16-5-7-17(8-6-16)10(18)9(2)20-12-14-13-11(19)15(12)3/h9H,4-8H2,1-3H3,(H,13,19)/t9-/m1/s1. The van der Waals surface area contributed by atoms with Crippen molar-refractivity contribution >= 4 is 17.7 Å². The van der Waals surface area contributed by atoms with Crippen LogP contribution in [0.4, 0.5) is 0 Å². The molecule has 1 fully saturated rings. The van der Waals surface area contributed by atoms with Crippen LogP contribution in [0.3, 0.4) is 0 Å². The Morgan fingerprint density at radius 2 is 2.05 bits per heavy atom. The van der Waals surface area contributed by atoms with Gasteiger partial charge in [0.25, 0.3) is 0 Å². The van der Waals surface area contributed by atoms with E-state index in [1.54, 1.807) is 7.05 Å². The molecule has 0 radical (unpaired) electrons. The highest BCUT2D eigenvalue weighted by Crippen LogP contribution is 2.21. The van der Waals surface area contributed by atoms with Crippen molar-refractivity contribution in [3.8, 4) is 0 Å². The minimum absolute atomic E-state index is 0.112. The van der Waals surface area contributed by atoms with Crippen molar-refractivity contribution in [3.05, 3.63) is 10.5 Å². The van der Waals surface area contributed by atoms with Crippen molar-refractivity contribution in [2.24, 2.45) is 7.05 Å². The number of aromatic amines is 1. The fourth-order valence-corrected chi connectivity index (χ4v) is 3.09. The Morgan fingerprint density at radius 1 is 1.40 bits per heavy atom. The third kappa shape index (κ3) is 3.24. The highest BCUT2D eigenvalue weighted by molar-refractivity contribution is 8.00. The molecule has 7 nitrogen and oxygen atoms in total. The number of piperazine rings is 1. The summed E-state index contributed by atoms with van der Waals surface area (Å²) < 4.78 is 1.42. The van der Waals surface area contributed by atoms with E-state index in [9.17, 15) is 9.59 Å². The van der Waals surface area contributed by atoms with Gasteiger partial charge in [-0.2, -0.15) is 0 Å². The molecule has 1 aromatic heterocycles. The van der Waals surface area contributed by atoms with Crippen molar-refractivity contribution in [1.82, 2.24) is 24.6 Å². The Kier molecular flexibility index (Phi) is 4.87. The molecule has 0 spiro atoms. The lowest BCUT2D eigenvalue weighted by atomic mass is 10.3. The number of nitrogens with one attached hydrogen (secondary N) is 1. The number of hydrogen-bond acceptors (Lipinski definition) is 5. The molecule has 1 aliphatic rings. The van der Waals surface area contributed by atoms with E-state index in [1.165, 1.54) is 16.3 Å². The Morgan fingerprint density at radius 3 is 2.55 bits per heavy atom. The maximum absolute atomic E-state index is 12.4. The summed E-state index contributed by atoms with van der Waals surface area (Å²) >= 11 is 1.32. The van der Waals surface area contributed by atoms with E-state index < -0.39 is 0 Å². The van der Waals surface area contributed by atoms with Crippen molar-refractivity contribution < 1.29 is 4.79 Å². The summed E-state index contributed by atoms with van der Waals surface area (Å²) in [6.45, 7) is 8.43. The fraction of sp³-hybridized carbons (Fsp3) is 0.750. The maximum Gasteiger partial charge on any atom is 0.343 e. The number of aromatic nitrogens is 3. The molecule has 112 valence electrons. The number of rotatable bonds is 4. The summed E-state index contributed by atoms with van der Waals surface area (Å²) in [7, 11) is 1.64. The highest BCUT2D eigenvalue weighted by atomic mass is 32.2. The number of thioether (sulfide) groups is 1. The largest absolute Gasteiger partial charge is 0.343 e. The van der Waals surface area contributed by atoms with Crippen molar-refractivity contribution in [2.75, 3.05) is 32.7 Å². The Balaban J connectivity index is 1.92. The number of H-pyrrole nitrogens is 1. The maximum atomic E-state index is 12.4. The second-order valence-electron chi connectivity index (χ2n) is 4.89. The Hall–Kier alpha value is -1.28. The van der Waals surface area contributed by atoms with Gasteiger partial charge in [0.1, 0.15) is 0 Å². The van der Waals surface area contributed by atoms with Crippen LogP contribution in [0.5, 0.6) is 0 Å². The lowest BCUT2D eigenvalue weighted by Gasteiger charge is -2.35. The molecule has 1 N–H and O–H groups in total. The van der Waals surface area contributed by atoms with E-state index in [-0.39, 0.29) is 16.8 Å². The van der Waals surface area contributed by atoms with E-state index in [1.807, 2.05) is 11.8 Å². The quantitative estimate of drug-likeness (QED) is 0.776. The lowest BCUT2D eigenvalue weighted by Crippen LogP contribution is -2.50. The number of nitrogens with zero attached hydrogens (tertiary/aromatic N) is 4. The van der Waals surface area contributed by atoms with Crippen LogP contribution in [0.2, 0.25) is 0 Å². The van der Waals surface area contributed by atoms with Crippen LogP contribution in [0.15, 0.2) is 9.95 Å². The lowest BCUT2D eigenvalue weighted by molar-refractivity contribution is -0.132. The van der Waals surface area contributed by atoms with Gasteiger partial charge in [0.15, 0.2) is 5.16 Å². The fourth-order valence-electron chi connectivity index (χ4n) is 2.19. The molecule has 8 heteroatoms. The van der Waals surface area contributed by atoms with Gasteiger partial charge in [-0.05, 0) is 13.5 Å². The van der Waals surface area contributed by atoms with Crippen molar-refractivity contribution in [1.29, 1.82) is 0 Å². The molecule has 0 bridgehead atoms. The van der Waals surface area contributed by atoms with E-state index >= 15 is 0 Å². The van der Waals surface area contributed by atoms with E-state index in [2.05, 4.69) is 22.0 Å². The zero-order valence-electron chi connectivity index (χ0n) is 12.1. The molecule has 1 amide bonds. The second kappa shape index (κ2) is 6.45. The van der Waals surface area contributed by atoms with Gasteiger partial charge in [0, 0.05) is 33.2 Å². The minimum Gasteiger partial charge on any atom is -0.339 e. The molecule has 1 saturated heterocycles. The van der Waals surface area contributed by atoms with Gasteiger partial charge in [-0.25, -0.2) is 9.89 Å². The number of carbonyl (C=O) groups excluding carboxylic acids is 1. The van der Waals surface area contributed by atoms with E-state index in [0.717, 1.165) is 32.7 Å². The molecule has 0 unspecified atom stereocenters. The van der Waals surface area contributed by atoms with E-state index in [0.29, 0.717) is 5.16 Å². The van der Waals surface area contributed by atoms with Gasteiger partial charge in [0.05, 0.1) is 5.25 Å². The molecule has 0 saturated carbocycles. The predicted molar refractivity (Wildman–Crippen MR) is 77.8 cm³/mol. The topological polar surface area (TPSA) is 74.2 Å². The van der Waals surface area contributed by atoms with Crippen molar-refractivity contribution in [2.45, 2.75) is 24.3 Å². The summed E-state index contributed by atoms with van der Waals surface area (Å²) in [6, 6.07) is 0. The van der Waals surface area contributed by atoms with Gasteiger partial charge in [-0.15, -0.1) is 5.10 Å². The molecule has 0 aliphatic carbocycles. The van der Waals surface area contributed by atoms with Gasteiger partial charge >= 0.3 is 5.69 Å². The molecular formula is C12H21N5O2S. The molecule has 2 heterocycles. The molecule has 1 atom stereocenters. The smallest absolute Gasteiger partial charge is 0.339 e. The molecule has 20 heavy (non-hydrogen) atoms. The van der Waals surface area contributed by atoms with Gasteiger partial charge < -0.3 is 9.80 Å². The minimum atomic E-state index is -0.260. The Labute approximate surface area is 122 Å². The second-order valence-corrected chi connectivity index (χ2v) is 6.20. The predicted octanol–water partition coefficient (Wildman–Crippen LogP) is -0.247. The highest BCUT2D eigenvalue weighted by Gasteiger charge is 2.26. The number of amides is 1. The van der Waals surface area contributed by atoms with Crippen LogP contribution in [-0.4, -0.2) is 68.4 Å². The van der Waals surface area contributed by atoms with Crippen molar-refractivity contribution in [3.63, 3.8) is 0 Å². The SMILES string of the molecule is CCN1CCN(C(=O)[C@@H](C)Sc2n[nH]c(=O)n2C)CC1. The summed E-state index contributed by atoms with van der Waals surface area (Å²) in [5.74, 6) is 0.112. The molecular weight excluding hydrogens is 278 g/mol. The van der Waals surface area contributed by atoms with Gasteiger partial charge in [-0.3, -0.25) is 9.36 Å². The number of likely N-dealkylation sites (N-methyl/N-ethyl adjacent to an activating group) is 1. The molecule has 1 aromatic rings. The molecule has 0 aromatic carbocycles. The number of carbonyl (C=O) groups is 1. The van der Waals surface area contributed by atoms with Crippen LogP contribution < -0.4 is 5.69 Å². The molecule has 1 aliphatic heterocycles. The first kappa shape index (κ1) is 15.1. The third-order valence-corrected chi connectivity index (χ3v) is 4.73. The number of hydrogen-bond donors (Lipinski definition) is 1. The zero-order valence-corrected chi connectivity index (χ0v) is 12.9. The first-order valence-electron chi connectivity index (χ1n) is 6.82. The van der Waals surface area contributed by atoms with Crippen LogP contribution in [-0.2, 0) is 11.8 Å². The first-order valence-corrected chi connectivity index (χ1v) is 7.70. The van der Waals surface area contributed by atoms with Crippen LogP contribution >= 0.6 is 11.8 Å². The average molecular weight is 299 g/mol. The van der Waals surface area contributed by atoms with Gasteiger partial charge in [0.2, 0.25) is 5.91 Å². The van der Waals surface area contributed by atoms with Crippen LogP contribution in [0, 0.1) is 0 Å². The monoisotopic (exact) mass is 299 g/mol. The normalized spacial score (nSPS) is 18.2. The first-order chi connectivity index (χ1) is 9.52.